The molecule has 1 aromatic rings. The Labute approximate surface area is 87.6 Å². The van der Waals surface area contributed by atoms with E-state index in [0.717, 1.165) is 10.6 Å². The minimum absolute atomic E-state index is 0.251. The summed E-state index contributed by atoms with van der Waals surface area (Å²) in [6, 6.07) is 3.13. The third kappa shape index (κ3) is 2.89. The summed E-state index contributed by atoms with van der Waals surface area (Å²) in [5.74, 6) is 0.574. The molecule has 0 atom stereocenters. The standard InChI is InChI=1S/C10H14FNOS/c1-7-5-10(14-4-3-13-2)9(12)6-8(7)11/h5-6H,3-4,12H2,1-2H3. The van der Waals surface area contributed by atoms with Crippen LogP contribution in [-0.4, -0.2) is 19.5 Å². The summed E-state index contributed by atoms with van der Waals surface area (Å²) in [5, 5.41) is 0. The van der Waals surface area contributed by atoms with Gasteiger partial charge < -0.3 is 10.5 Å². The van der Waals surface area contributed by atoms with Crippen molar-refractivity contribution in [3.8, 4) is 0 Å². The van der Waals surface area contributed by atoms with Crippen LogP contribution in [0.1, 0.15) is 5.56 Å². The summed E-state index contributed by atoms with van der Waals surface area (Å²) >= 11 is 1.58. The van der Waals surface area contributed by atoms with Gasteiger partial charge in [0.05, 0.1) is 6.61 Å². The molecule has 0 unspecified atom stereocenters. The fourth-order valence-corrected chi connectivity index (χ4v) is 1.99. The molecule has 0 aliphatic heterocycles. The molecule has 0 aromatic heterocycles. The molecule has 0 aliphatic carbocycles. The van der Waals surface area contributed by atoms with Gasteiger partial charge in [0.25, 0.3) is 0 Å². The fourth-order valence-electron chi connectivity index (χ4n) is 1.03. The number of ether oxygens (including phenoxy) is 1. The minimum atomic E-state index is -0.251. The van der Waals surface area contributed by atoms with E-state index in [2.05, 4.69) is 0 Å². The summed E-state index contributed by atoms with van der Waals surface area (Å²) in [4.78, 5) is 0.918. The molecule has 2 N–H and O–H groups in total. The second kappa shape index (κ2) is 5.22. The number of aryl methyl sites for hydroxylation is 1. The average Bonchev–Trinajstić information content (AvgIpc) is 2.14. The monoisotopic (exact) mass is 215 g/mol. The topological polar surface area (TPSA) is 35.2 Å². The summed E-state index contributed by atoms with van der Waals surface area (Å²) < 4.78 is 18.0. The van der Waals surface area contributed by atoms with Gasteiger partial charge >= 0.3 is 0 Å². The summed E-state index contributed by atoms with van der Waals surface area (Å²) in [5.41, 5.74) is 6.79. The molecule has 0 bridgehead atoms. The number of anilines is 1. The third-order valence-corrected chi connectivity index (χ3v) is 2.87. The van der Waals surface area contributed by atoms with E-state index in [0.29, 0.717) is 17.9 Å². The molecule has 0 aliphatic rings. The number of hydrogen-bond donors (Lipinski definition) is 1. The smallest absolute Gasteiger partial charge is 0.128 e. The summed E-state index contributed by atoms with van der Waals surface area (Å²) in [6.45, 7) is 2.40. The predicted octanol–water partition coefficient (Wildman–Crippen LogP) is 2.45. The maximum atomic E-state index is 13.0. The number of halogens is 1. The Morgan fingerprint density at radius 1 is 1.50 bits per heavy atom. The lowest BCUT2D eigenvalue weighted by atomic mass is 10.2. The van der Waals surface area contributed by atoms with E-state index in [1.54, 1.807) is 31.9 Å². The Kier molecular flexibility index (Phi) is 4.22. The van der Waals surface area contributed by atoms with Crippen LogP contribution >= 0.6 is 11.8 Å². The number of benzene rings is 1. The molecule has 0 spiro atoms. The molecule has 2 nitrogen and oxygen atoms in total. The summed E-state index contributed by atoms with van der Waals surface area (Å²) in [7, 11) is 1.65. The highest BCUT2D eigenvalue weighted by Crippen LogP contribution is 2.27. The van der Waals surface area contributed by atoms with Crippen LogP contribution in [0.3, 0.4) is 0 Å². The highest BCUT2D eigenvalue weighted by atomic mass is 32.2. The molecule has 1 rings (SSSR count). The maximum absolute atomic E-state index is 13.0. The fraction of sp³-hybridized carbons (Fsp3) is 0.400. The lowest BCUT2D eigenvalue weighted by molar-refractivity contribution is 0.218. The van der Waals surface area contributed by atoms with Gasteiger partial charge in [-0.2, -0.15) is 0 Å². The molecule has 4 heteroatoms. The van der Waals surface area contributed by atoms with E-state index < -0.39 is 0 Å². The predicted molar refractivity (Wildman–Crippen MR) is 58.1 cm³/mol. The zero-order valence-corrected chi connectivity index (χ0v) is 9.16. The molecule has 0 saturated heterocycles. The van der Waals surface area contributed by atoms with Gasteiger partial charge in [-0.1, -0.05) is 0 Å². The van der Waals surface area contributed by atoms with Gasteiger partial charge in [-0.15, -0.1) is 11.8 Å². The van der Waals surface area contributed by atoms with E-state index in [9.17, 15) is 4.39 Å². The van der Waals surface area contributed by atoms with E-state index in [-0.39, 0.29) is 5.82 Å². The Morgan fingerprint density at radius 3 is 2.86 bits per heavy atom. The van der Waals surface area contributed by atoms with Crippen molar-refractivity contribution in [1.29, 1.82) is 0 Å². The van der Waals surface area contributed by atoms with Crippen LogP contribution < -0.4 is 5.73 Å². The zero-order valence-electron chi connectivity index (χ0n) is 8.34. The van der Waals surface area contributed by atoms with E-state index >= 15 is 0 Å². The van der Waals surface area contributed by atoms with Crippen molar-refractivity contribution in [2.45, 2.75) is 11.8 Å². The van der Waals surface area contributed by atoms with E-state index in [1.807, 2.05) is 0 Å². The molecular formula is C10H14FNOS. The molecule has 14 heavy (non-hydrogen) atoms. The first-order valence-electron chi connectivity index (χ1n) is 4.32. The summed E-state index contributed by atoms with van der Waals surface area (Å²) in [6.07, 6.45) is 0. The molecule has 0 heterocycles. The second-order valence-corrected chi connectivity index (χ2v) is 4.12. The SMILES string of the molecule is COCCSc1cc(C)c(F)cc1N. The largest absolute Gasteiger partial charge is 0.398 e. The first-order valence-corrected chi connectivity index (χ1v) is 5.31. The van der Waals surface area contributed by atoms with Gasteiger partial charge in [-0.25, -0.2) is 4.39 Å². The quantitative estimate of drug-likeness (QED) is 0.476. The highest BCUT2D eigenvalue weighted by molar-refractivity contribution is 7.99. The third-order valence-electron chi connectivity index (χ3n) is 1.84. The maximum Gasteiger partial charge on any atom is 0.128 e. The van der Waals surface area contributed by atoms with Gasteiger partial charge in [-0.3, -0.25) is 0 Å². The molecule has 0 saturated carbocycles. The minimum Gasteiger partial charge on any atom is -0.398 e. The Balaban J connectivity index is 2.72. The molecule has 1 aromatic carbocycles. The zero-order chi connectivity index (χ0) is 10.6. The van der Waals surface area contributed by atoms with Crippen molar-refractivity contribution < 1.29 is 9.13 Å². The second-order valence-electron chi connectivity index (χ2n) is 2.98. The number of hydrogen-bond acceptors (Lipinski definition) is 3. The van der Waals surface area contributed by atoms with Crippen molar-refractivity contribution in [2.24, 2.45) is 0 Å². The van der Waals surface area contributed by atoms with E-state index in [4.69, 9.17) is 10.5 Å². The lowest BCUT2D eigenvalue weighted by Gasteiger charge is -2.06. The van der Waals surface area contributed by atoms with Gasteiger partial charge in [0.15, 0.2) is 0 Å². The van der Waals surface area contributed by atoms with Crippen LogP contribution in [0.2, 0.25) is 0 Å². The van der Waals surface area contributed by atoms with Crippen molar-refractivity contribution in [1.82, 2.24) is 0 Å². The van der Waals surface area contributed by atoms with Crippen LogP contribution in [0.4, 0.5) is 10.1 Å². The van der Waals surface area contributed by atoms with Gasteiger partial charge in [0, 0.05) is 23.4 Å². The average molecular weight is 215 g/mol. The van der Waals surface area contributed by atoms with Crippen LogP contribution in [-0.2, 0) is 4.74 Å². The molecule has 78 valence electrons. The van der Waals surface area contributed by atoms with Crippen LogP contribution in [0.5, 0.6) is 0 Å². The number of methoxy groups -OCH3 is 1. The number of nitrogen functional groups attached to an aromatic ring is 1. The van der Waals surface area contributed by atoms with Crippen molar-refractivity contribution in [2.75, 3.05) is 25.2 Å². The first kappa shape index (κ1) is 11.3. The van der Waals surface area contributed by atoms with Crippen molar-refractivity contribution >= 4 is 17.4 Å². The number of thioether (sulfide) groups is 1. The van der Waals surface area contributed by atoms with Crippen LogP contribution in [0.25, 0.3) is 0 Å². The Bertz CT molecular complexity index is 317. The Morgan fingerprint density at radius 2 is 2.21 bits per heavy atom. The van der Waals surface area contributed by atoms with Gasteiger partial charge in [-0.05, 0) is 24.6 Å². The number of rotatable bonds is 4. The van der Waals surface area contributed by atoms with E-state index in [1.165, 1.54) is 6.07 Å². The molecule has 0 amide bonds. The molecular weight excluding hydrogens is 201 g/mol. The number of nitrogens with two attached hydrogens (primary N) is 1. The van der Waals surface area contributed by atoms with Crippen molar-refractivity contribution in [3.05, 3.63) is 23.5 Å². The van der Waals surface area contributed by atoms with Crippen molar-refractivity contribution in [3.63, 3.8) is 0 Å². The first-order chi connectivity index (χ1) is 6.65. The molecule has 0 radical (unpaired) electrons. The highest BCUT2D eigenvalue weighted by Gasteiger charge is 2.04. The van der Waals surface area contributed by atoms with Gasteiger partial charge in [0.1, 0.15) is 5.82 Å². The molecule has 0 fully saturated rings. The van der Waals surface area contributed by atoms with Crippen LogP contribution in [0.15, 0.2) is 17.0 Å². The Hall–Kier alpha value is -0.740. The van der Waals surface area contributed by atoms with Gasteiger partial charge in [0.2, 0.25) is 0 Å². The normalized spacial score (nSPS) is 10.5. The van der Waals surface area contributed by atoms with Crippen LogP contribution in [0, 0.1) is 12.7 Å². The lowest BCUT2D eigenvalue weighted by Crippen LogP contribution is -1.96.